The van der Waals surface area contributed by atoms with E-state index < -0.39 is 0 Å². The van der Waals surface area contributed by atoms with Crippen LogP contribution in [-0.2, 0) is 19.5 Å². The molecule has 1 aliphatic heterocycles. The van der Waals surface area contributed by atoms with Crippen LogP contribution in [0.2, 0.25) is 0 Å². The molecule has 0 spiro atoms. The molecule has 20 heavy (non-hydrogen) atoms. The summed E-state index contributed by atoms with van der Waals surface area (Å²) in [6.45, 7) is 6.55. The normalized spacial score (nSPS) is 14.1. The van der Waals surface area contributed by atoms with Crippen molar-refractivity contribution in [3.05, 3.63) is 51.7 Å². The average molecular weight is 286 g/mol. The molecule has 0 saturated carbocycles. The lowest BCUT2D eigenvalue weighted by Crippen LogP contribution is -2.22. The van der Waals surface area contributed by atoms with Crippen molar-refractivity contribution in [1.29, 1.82) is 0 Å². The molecule has 0 radical (unpaired) electrons. The van der Waals surface area contributed by atoms with Crippen molar-refractivity contribution in [2.75, 3.05) is 18.4 Å². The SMILES string of the molecule is CCN(Cc1ccc2c(c1)CCCN2)Cc1cccs1. The molecule has 2 heterocycles. The van der Waals surface area contributed by atoms with E-state index in [1.54, 1.807) is 0 Å². The summed E-state index contributed by atoms with van der Waals surface area (Å²) in [6, 6.07) is 11.3. The van der Waals surface area contributed by atoms with Gasteiger partial charge in [0.1, 0.15) is 0 Å². The van der Waals surface area contributed by atoms with Crippen LogP contribution < -0.4 is 5.32 Å². The Kier molecular flexibility index (Phi) is 4.38. The van der Waals surface area contributed by atoms with Crippen LogP contribution in [0, 0.1) is 0 Å². The number of hydrogen-bond acceptors (Lipinski definition) is 3. The van der Waals surface area contributed by atoms with Crippen molar-refractivity contribution in [3.8, 4) is 0 Å². The molecule has 2 aromatic rings. The monoisotopic (exact) mass is 286 g/mol. The number of benzene rings is 1. The number of nitrogens with one attached hydrogen (secondary N) is 1. The number of anilines is 1. The first-order valence-corrected chi connectivity index (χ1v) is 8.33. The molecule has 1 aromatic carbocycles. The van der Waals surface area contributed by atoms with Gasteiger partial charge < -0.3 is 5.32 Å². The Morgan fingerprint density at radius 2 is 2.20 bits per heavy atom. The van der Waals surface area contributed by atoms with Crippen LogP contribution in [0.25, 0.3) is 0 Å². The van der Waals surface area contributed by atoms with E-state index >= 15 is 0 Å². The fraction of sp³-hybridized carbons (Fsp3) is 0.412. The third-order valence-corrected chi connectivity index (χ3v) is 4.78. The molecular formula is C17H22N2S. The van der Waals surface area contributed by atoms with Gasteiger partial charge in [0.2, 0.25) is 0 Å². The van der Waals surface area contributed by atoms with Gasteiger partial charge >= 0.3 is 0 Å². The predicted octanol–water partition coefficient (Wildman–Crippen LogP) is 4.13. The molecule has 0 aliphatic carbocycles. The van der Waals surface area contributed by atoms with Gasteiger partial charge in [-0.05, 0) is 48.0 Å². The van der Waals surface area contributed by atoms with Crippen LogP contribution in [-0.4, -0.2) is 18.0 Å². The van der Waals surface area contributed by atoms with E-state index in [1.165, 1.54) is 34.5 Å². The average Bonchev–Trinajstić information content (AvgIpc) is 2.99. The lowest BCUT2D eigenvalue weighted by molar-refractivity contribution is 0.274. The van der Waals surface area contributed by atoms with Crippen LogP contribution in [0.3, 0.4) is 0 Å². The van der Waals surface area contributed by atoms with Crippen LogP contribution in [0.1, 0.15) is 29.3 Å². The summed E-state index contributed by atoms with van der Waals surface area (Å²) < 4.78 is 0. The second kappa shape index (κ2) is 6.42. The highest BCUT2D eigenvalue weighted by Crippen LogP contribution is 2.24. The first kappa shape index (κ1) is 13.7. The minimum Gasteiger partial charge on any atom is -0.385 e. The fourth-order valence-corrected chi connectivity index (χ4v) is 3.53. The maximum atomic E-state index is 3.48. The number of fused-ring (bicyclic) bond motifs is 1. The fourth-order valence-electron chi connectivity index (χ4n) is 2.79. The van der Waals surface area contributed by atoms with E-state index in [9.17, 15) is 0 Å². The minimum atomic E-state index is 1.04. The second-order valence-electron chi connectivity index (χ2n) is 5.40. The summed E-state index contributed by atoms with van der Waals surface area (Å²) in [4.78, 5) is 3.95. The van der Waals surface area contributed by atoms with Crippen molar-refractivity contribution >= 4 is 17.0 Å². The smallest absolute Gasteiger partial charge is 0.0372 e. The van der Waals surface area contributed by atoms with Crippen LogP contribution in [0.4, 0.5) is 5.69 Å². The Morgan fingerprint density at radius 1 is 1.25 bits per heavy atom. The van der Waals surface area contributed by atoms with Crippen molar-refractivity contribution < 1.29 is 0 Å². The Morgan fingerprint density at radius 3 is 3.00 bits per heavy atom. The quantitative estimate of drug-likeness (QED) is 0.889. The van der Waals surface area contributed by atoms with E-state index in [0.29, 0.717) is 0 Å². The Hall–Kier alpha value is -1.32. The molecule has 0 unspecified atom stereocenters. The Labute approximate surface area is 125 Å². The molecule has 3 heteroatoms. The van der Waals surface area contributed by atoms with Gasteiger partial charge in [-0.2, -0.15) is 0 Å². The highest BCUT2D eigenvalue weighted by Gasteiger charge is 2.11. The van der Waals surface area contributed by atoms with E-state index in [1.807, 2.05) is 11.3 Å². The van der Waals surface area contributed by atoms with Gasteiger partial charge in [0.15, 0.2) is 0 Å². The van der Waals surface area contributed by atoms with Gasteiger partial charge in [0.05, 0.1) is 0 Å². The van der Waals surface area contributed by atoms with Crippen molar-refractivity contribution in [1.82, 2.24) is 4.90 Å². The molecule has 106 valence electrons. The third kappa shape index (κ3) is 3.22. The first-order chi connectivity index (χ1) is 9.85. The molecular weight excluding hydrogens is 264 g/mol. The maximum Gasteiger partial charge on any atom is 0.0372 e. The number of aryl methyl sites for hydroxylation is 1. The molecule has 3 rings (SSSR count). The van der Waals surface area contributed by atoms with Crippen molar-refractivity contribution in [3.63, 3.8) is 0 Å². The summed E-state index contributed by atoms with van der Waals surface area (Å²) in [5.41, 5.74) is 4.26. The molecule has 0 saturated heterocycles. The lowest BCUT2D eigenvalue weighted by atomic mass is 10.0. The summed E-state index contributed by atoms with van der Waals surface area (Å²) in [5, 5.41) is 5.64. The predicted molar refractivity (Wildman–Crippen MR) is 87.4 cm³/mol. The molecule has 1 N–H and O–H groups in total. The van der Waals surface area contributed by atoms with Gasteiger partial charge in [0.25, 0.3) is 0 Å². The molecule has 0 atom stereocenters. The van der Waals surface area contributed by atoms with Crippen LogP contribution in [0.5, 0.6) is 0 Å². The largest absolute Gasteiger partial charge is 0.385 e. The molecule has 0 amide bonds. The van der Waals surface area contributed by atoms with E-state index in [0.717, 1.165) is 26.2 Å². The molecule has 2 nitrogen and oxygen atoms in total. The summed E-state index contributed by atoms with van der Waals surface area (Å²) in [5.74, 6) is 0. The van der Waals surface area contributed by atoms with Gasteiger partial charge in [-0.1, -0.05) is 25.1 Å². The highest BCUT2D eigenvalue weighted by molar-refractivity contribution is 7.09. The summed E-state index contributed by atoms with van der Waals surface area (Å²) in [6.07, 6.45) is 2.47. The van der Waals surface area contributed by atoms with Gasteiger partial charge in [0, 0.05) is 30.2 Å². The van der Waals surface area contributed by atoms with Gasteiger partial charge in [-0.15, -0.1) is 11.3 Å². The topological polar surface area (TPSA) is 15.3 Å². The molecule has 1 aromatic heterocycles. The van der Waals surface area contributed by atoms with Gasteiger partial charge in [-0.25, -0.2) is 0 Å². The third-order valence-electron chi connectivity index (χ3n) is 3.92. The van der Waals surface area contributed by atoms with Crippen molar-refractivity contribution in [2.24, 2.45) is 0 Å². The standard InChI is InChI=1S/C17H22N2S/c1-2-19(13-16-6-4-10-20-16)12-14-7-8-17-15(11-14)5-3-9-18-17/h4,6-8,10-11,18H,2-3,5,9,12-13H2,1H3. The number of rotatable bonds is 5. The Bertz CT molecular complexity index is 548. The number of nitrogens with zero attached hydrogens (tertiary/aromatic N) is 1. The van der Waals surface area contributed by atoms with Gasteiger partial charge in [-0.3, -0.25) is 4.90 Å². The zero-order valence-corrected chi connectivity index (χ0v) is 12.9. The molecule has 0 fully saturated rings. The molecule has 0 bridgehead atoms. The maximum absolute atomic E-state index is 3.48. The first-order valence-electron chi connectivity index (χ1n) is 7.45. The zero-order chi connectivity index (χ0) is 13.8. The van der Waals surface area contributed by atoms with Crippen LogP contribution in [0.15, 0.2) is 35.7 Å². The van der Waals surface area contributed by atoms with E-state index in [-0.39, 0.29) is 0 Å². The highest BCUT2D eigenvalue weighted by atomic mass is 32.1. The van der Waals surface area contributed by atoms with E-state index in [2.05, 4.69) is 52.9 Å². The zero-order valence-electron chi connectivity index (χ0n) is 12.1. The minimum absolute atomic E-state index is 1.04. The van der Waals surface area contributed by atoms with E-state index in [4.69, 9.17) is 0 Å². The number of thiophene rings is 1. The lowest BCUT2D eigenvalue weighted by Gasteiger charge is -2.22. The Balaban J connectivity index is 1.69. The summed E-state index contributed by atoms with van der Waals surface area (Å²) in [7, 11) is 0. The number of hydrogen-bond donors (Lipinski definition) is 1. The van der Waals surface area contributed by atoms with Crippen molar-refractivity contribution in [2.45, 2.75) is 32.9 Å². The second-order valence-corrected chi connectivity index (χ2v) is 6.44. The molecule has 1 aliphatic rings. The van der Waals surface area contributed by atoms with Crippen LogP contribution >= 0.6 is 11.3 Å². The summed E-state index contributed by atoms with van der Waals surface area (Å²) >= 11 is 1.85.